The minimum atomic E-state index is -1.03. The first-order chi connectivity index (χ1) is 6.13. The van der Waals surface area contributed by atoms with Crippen LogP contribution >= 0.6 is 0 Å². The Morgan fingerprint density at radius 3 is 2.92 bits per heavy atom. The first-order valence-electron chi connectivity index (χ1n) is 4.06. The molecular formula is C8H12N2O3. The average Bonchev–Trinajstić information content (AvgIpc) is 2.50. The van der Waals surface area contributed by atoms with Gasteiger partial charge in [0.15, 0.2) is 0 Å². The van der Waals surface area contributed by atoms with Crippen LogP contribution in [0.5, 0.6) is 0 Å². The summed E-state index contributed by atoms with van der Waals surface area (Å²) < 4.78 is 1.64. The molecule has 0 saturated carbocycles. The van der Waals surface area contributed by atoms with E-state index in [9.17, 15) is 9.90 Å². The van der Waals surface area contributed by atoms with Gasteiger partial charge in [-0.2, -0.15) is 5.10 Å². The Kier molecular flexibility index (Phi) is 3.02. The summed E-state index contributed by atoms with van der Waals surface area (Å²) in [5.74, 6) is -1.03. The molecule has 0 aliphatic carbocycles. The molecule has 1 atom stereocenters. The number of hydrogen-bond donors (Lipinski definition) is 2. The lowest BCUT2D eigenvalue weighted by Crippen LogP contribution is -2.07. The molecule has 72 valence electrons. The third-order valence-corrected chi connectivity index (χ3v) is 1.69. The van der Waals surface area contributed by atoms with E-state index in [2.05, 4.69) is 5.10 Å². The zero-order valence-electron chi connectivity index (χ0n) is 7.34. The molecule has 0 amide bonds. The van der Waals surface area contributed by atoms with Gasteiger partial charge >= 0.3 is 5.97 Å². The number of carboxylic acids is 1. The molecule has 1 aromatic rings. The number of carboxylic acid groups (broad SMARTS) is 1. The second kappa shape index (κ2) is 4.04. The molecule has 0 bridgehead atoms. The molecule has 1 rings (SSSR count). The number of aryl methyl sites for hydroxylation is 1. The van der Waals surface area contributed by atoms with Crippen molar-refractivity contribution >= 4 is 5.97 Å². The second-order valence-electron chi connectivity index (χ2n) is 2.71. The largest absolute Gasteiger partial charge is 0.481 e. The smallest absolute Gasteiger partial charge is 0.306 e. The van der Waals surface area contributed by atoms with Gasteiger partial charge in [-0.25, -0.2) is 0 Å². The molecule has 0 unspecified atom stereocenters. The van der Waals surface area contributed by atoms with Gasteiger partial charge in [-0.05, 0) is 13.0 Å². The molecule has 0 spiro atoms. The molecule has 5 nitrogen and oxygen atoms in total. The molecule has 0 aliphatic rings. The Hall–Kier alpha value is -1.36. The molecular weight excluding hydrogens is 172 g/mol. The molecule has 13 heavy (non-hydrogen) atoms. The van der Waals surface area contributed by atoms with Gasteiger partial charge in [-0.1, -0.05) is 0 Å². The van der Waals surface area contributed by atoms with Crippen LogP contribution in [0.25, 0.3) is 0 Å². The molecule has 0 aromatic carbocycles. The minimum absolute atomic E-state index is 0.305. The fourth-order valence-corrected chi connectivity index (χ4v) is 1.00. The molecule has 0 aliphatic heterocycles. The number of aliphatic hydroxyl groups is 1. The summed E-state index contributed by atoms with van der Waals surface area (Å²) in [6.45, 7) is 2.63. The van der Waals surface area contributed by atoms with Crippen molar-refractivity contribution in [1.82, 2.24) is 9.78 Å². The van der Waals surface area contributed by atoms with Crippen molar-refractivity contribution in [2.75, 3.05) is 0 Å². The van der Waals surface area contributed by atoms with Crippen LogP contribution in [0, 0.1) is 0 Å². The highest BCUT2D eigenvalue weighted by Crippen LogP contribution is 2.13. The predicted molar refractivity (Wildman–Crippen MR) is 45.1 cm³/mol. The van der Waals surface area contributed by atoms with E-state index in [1.807, 2.05) is 6.92 Å². The minimum Gasteiger partial charge on any atom is -0.481 e. The monoisotopic (exact) mass is 184 g/mol. The Morgan fingerprint density at radius 2 is 2.46 bits per heavy atom. The number of aliphatic hydroxyl groups excluding tert-OH is 1. The van der Waals surface area contributed by atoms with Crippen LogP contribution < -0.4 is 0 Å². The van der Waals surface area contributed by atoms with Gasteiger partial charge in [0.05, 0.1) is 12.1 Å². The van der Waals surface area contributed by atoms with Crippen molar-refractivity contribution in [2.24, 2.45) is 0 Å². The van der Waals surface area contributed by atoms with E-state index in [0.29, 0.717) is 12.2 Å². The highest BCUT2D eigenvalue weighted by atomic mass is 16.4. The van der Waals surface area contributed by atoms with E-state index in [0.717, 1.165) is 0 Å². The molecule has 2 N–H and O–H groups in total. The van der Waals surface area contributed by atoms with Gasteiger partial charge in [-0.3, -0.25) is 9.48 Å². The third kappa shape index (κ3) is 2.55. The Bertz CT molecular complexity index is 295. The van der Waals surface area contributed by atoms with E-state index in [1.54, 1.807) is 16.9 Å². The number of carbonyl (C=O) groups is 1. The van der Waals surface area contributed by atoms with Crippen LogP contribution in [0.15, 0.2) is 12.3 Å². The van der Waals surface area contributed by atoms with E-state index < -0.39 is 12.1 Å². The summed E-state index contributed by atoms with van der Waals surface area (Å²) in [6.07, 6.45) is 0.395. The van der Waals surface area contributed by atoms with Crippen LogP contribution in [0.4, 0.5) is 0 Å². The van der Waals surface area contributed by atoms with Crippen molar-refractivity contribution < 1.29 is 15.0 Å². The summed E-state index contributed by atoms with van der Waals surface area (Å²) >= 11 is 0. The van der Waals surface area contributed by atoms with Gasteiger partial charge in [0.2, 0.25) is 0 Å². The summed E-state index contributed by atoms with van der Waals surface area (Å²) in [5, 5.41) is 21.7. The van der Waals surface area contributed by atoms with Crippen LogP contribution in [0.3, 0.4) is 0 Å². The fraction of sp³-hybridized carbons (Fsp3) is 0.500. The second-order valence-corrected chi connectivity index (χ2v) is 2.71. The van der Waals surface area contributed by atoms with Gasteiger partial charge < -0.3 is 10.2 Å². The first-order valence-corrected chi connectivity index (χ1v) is 4.06. The summed E-state index contributed by atoms with van der Waals surface area (Å²) in [6, 6.07) is 1.62. The number of aliphatic carboxylic acids is 1. The Balaban J connectivity index is 2.65. The maximum absolute atomic E-state index is 10.3. The molecule has 1 aromatic heterocycles. The van der Waals surface area contributed by atoms with Crippen molar-refractivity contribution in [2.45, 2.75) is 26.0 Å². The van der Waals surface area contributed by atoms with Crippen molar-refractivity contribution in [1.29, 1.82) is 0 Å². The van der Waals surface area contributed by atoms with Crippen LogP contribution in [-0.4, -0.2) is 26.0 Å². The third-order valence-electron chi connectivity index (χ3n) is 1.69. The molecule has 0 radical (unpaired) electrons. The maximum atomic E-state index is 10.3. The standard InChI is InChI=1S/C8H12N2O3/c1-2-10-4-3-6(9-10)7(11)5-8(12)13/h3-4,7,11H,2,5H2,1H3,(H,12,13)/t7-/m0/s1. The molecule has 0 saturated heterocycles. The number of hydrogen-bond acceptors (Lipinski definition) is 3. The van der Waals surface area contributed by atoms with Gasteiger partial charge in [0.1, 0.15) is 6.10 Å². The van der Waals surface area contributed by atoms with E-state index in [4.69, 9.17) is 5.11 Å². The fourth-order valence-electron chi connectivity index (χ4n) is 1.00. The number of aromatic nitrogens is 2. The van der Waals surface area contributed by atoms with Crippen molar-refractivity contribution in [3.8, 4) is 0 Å². The van der Waals surface area contributed by atoms with Crippen LogP contribution in [-0.2, 0) is 11.3 Å². The maximum Gasteiger partial charge on any atom is 0.306 e. The topological polar surface area (TPSA) is 75.4 Å². The summed E-state index contributed by atoms with van der Waals surface area (Å²) in [7, 11) is 0. The molecule has 1 heterocycles. The van der Waals surface area contributed by atoms with Gasteiger partial charge in [0, 0.05) is 12.7 Å². The van der Waals surface area contributed by atoms with E-state index in [-0.39, 0.29) is 6.42 Å². The normalized spacial score (nSPS) is 12.8. The van der Waals surface area contributed by atoms with Crippen LogP contribution in [0.1, 0.15) is 25.1 Å². The summed E-state index contributed by atoms with van der Waals surface area (Å²) in [5.41, 5.74) is 0.407. The quantitative estimate of drug-likeness (QED) is 0.710. The van der Waals surface area contributed by atoms with E-state index in [1.165, 1.54) is 0 Å². The Labute approximate surface area is 75.6 Å². The van der Waals surface area contributed by atoms with E-state index >= 15 is 0 Å². The highest BCUT2D eigenvalue weighted by Gasteiger charge is 2.14. The zero-order chi connectivity index (χ0) is 9.84. The van der Waals surface area contributed by atoms with Crippen molar-refractivity contribution in [3.63, 3.8) is 0 Å². The highest BCUT2D eigenvalue weighted by molar-refractivity contribution is 5.67. The lowest BCUT2D eigenvalue weighted by molar-refractivity contribution is -0.139. The Morgan fingerprint density at radius 1 is 1.77 bits per heavy atom. The summed E-state index contributed by atoms with van der Waals surface area (Å²) in [4.78, 5) is 10.3. The number of nitrogens with zero attached hydrogens (tertiary/aromatic N) is 2. The van der Waals surface area contributed by atoms with Crippen molar-refractivity contribution in [3.05, 3.63) is 18.0 Å². The molecule has 0 fully saturated rings. The SMILES string of the molecule is CCn1ccc([C@@H](O)CC(=O)O)n1. The predicted octanol–water partition coefficient (Wildman–Crippen LogP) is 0.411. The lowest BCUT2D eigenvalue weighted by Gasteiger charge is -2.02. The number of rotatable bonds is 4. The lowest BCUT2D eigenvalue weighted by atomic mass is 10.2. The van der Waals surface area contributed by atoms with Gasteiger partial charge in [-0.15, -0.1) is 0 Å². The average molecular weight is 184 g/mol. The zero-order valence-corrected chi connectivity index (χ0v) is 7.34. The van der Waals surface area contributed by atoms with Crippen LogP contribution in [0.2, 0.25) is 0 Å². The van der Waals surface area contributed by atoms with Gasteiger partial charge in [0.25, 0.3) is 0 Å². The molecule has 5 heteroatoms. The first kappa shape index (κ1) is 9.73.